The van der Waals surface area contributed by atoms with Crippen LogP contribution in [-0.4, -0.2) is 30.6 Å². The molecule has 180 valence electrons. The number of hydrogen-bond donors (Lipinski definition) is 2. The van der Waals surface area contributed by atoms with Crippen LogP contribution < -0.4 is 9.46 Å². The van der Waals surface area contributed by atoms with E-state index in [-0.39, 0.29) is 35.3 Å². The minimum absolute atomic E-state index is 0.113. The molecule has 6 nitrogen and oxygen atoms in total. The van der Waals surface area contributed by atoms with Crippen LogP contribution in [0.4, 0.5) is 23.2 Å². The van der Waals surface area contributed by atoms with Crippen LogP contribution in [0.5, 0.6) is 5.75 Å². The maximum Gasteiger partial charge on any atom is 0.516 e. The Bertz CT molecular complexity index is 1300. The first-order valence-electron chi connectivity index (χ1n) is 10.2. The summed E-state index contributed by atoms with van der Waals surface area (Å²) in [6.07, 6.45) is 0.747. The van der Waals surface area contributed by atoms with E-state index < -0.39 is 33.1 Å². The lowest BCUT2D eigenvalue weighted by molar-refractivity contribution is -0.0429. The summed E-state index contributed by atoms with van der Waals surface area (Å²) in [5.41, 5.74) is -4.65. The molecule has 2 N–H and O–H groups in total. The van der Waals surface area contributed by atoms with Crippen LogP contribution in [0, 0.1) is 11.7 Å². The highest BCUT2D eigenvalue weighted by Crippen LogP contribution is 2.44. The van der Waals surface area contributed by atoms with Gasteiger partial charge < -0.3 is 9.84 Å². The summed E-state index contributed by atoms with van der Waals surface area (Å²) in [6.45, 7) is 2.07. The van der Waals surface area contributed by atoms with Gasteiger partial charge in [0.15, 0.2) is 0 Å². The summed E-state index contributed by atoms with van der Waals surface area (Å²) < 4.78 is 83.0. The second kappa shape index (κ2) is 8.88. The van der Waals surface area contributed by atoms with Crippen molar-refractivity contribution in [2.45, 2.75) is 24.5 Å². The predicted octanol–water partition coefficient (Wildman–Crippen LogP) is 4.99. The summed E-state index contributed by atoms with van der Waals surface area (Å²) in [5.74, 6) is -0.941. The number of alkyl halides is 3. The summed E-state index contributed by atoms with van der Waals surface area (Å²) >= 11 is 0. The van der Waals surface area contributed by atoms with E-state index in [4.69, 9.17) is 4.74 Å². The average molecular weight is 496 g/mol. The van der Waals surface area contributed by atoms with Crippen LogP contribution >= 0.6 is 0 Å². The molecule has 0 saturated carbocycles. The Labute approximate surface area is 193 Å². The maximum atomic E-state index is 13.9. The molecular formula is C23H20F4N2O4S. The normalized spacial score (nSPS) is 19.1. The standard InChI is InChI=1S/C23H20F4N2O4S/c1-13(19-4-2-3-9-28-19)18-12-33-21-10-14(5-7-16(21)22(18)30)17-11-15(24)6-8-20(17)29-34(31,32)23(25,26)27/h2-11,13,18,22,29-30H,12H2,1H3/t13-,18+,22+/m1/s1. The molecule has 3 aromatic rings. The third kappa shape index (κ3) is 4.58. The van der Waals surface area contributed by atoms with E-state index in [2.05, 4.69) is 4.98 Å². The lowest BCUT2D eigenvalue weighted by Gasteiger charge is -2.34. The Morgan fingerprint density at radius 1 is 1.15 bits per heavy atom. The van der Waals surface area contributed by atoms with E-state index in [0.29, 0.717) is 5.56 Å². The van der Waals surface area contributed by atoms with Gasteiger partial charge in [0, 0.05) is 34.9 Å². The number of ether oxygens (including phenoxy) is 1. The van der Waals surface area contributed by atoms with Gasteiger partial charge in [-0.15, -0.1) is 0 Å². The zero-order valence-corrected chi connectivity index (χ0v) is 18.6. The van der Waals surface area contributed by atoms with Crippen LogP contribution in [-0.2, 0) is 10.0 Å². The smallest absolute Gasteiger partial charge is 0.493 e. The number of nitrogens with zero attached hydrogens (tertiary/aromatic N) is 1. The topological polar surface area (TPSA) is 88.5 Å². The first-order valence-corrected chi connectivity index (χ1v) is 11.7. The van der Waals surface area contributed by atoms with Crippen molar-refractivity contribution in [3.05, 3.63) is 77.9 Å². The Balaban J connectivity index is 1.67. The number of rotatable bonds is 5. The highest BCUT2D eigenvalue weighted by atomic mass is 32.2. The molecule has 11 heteroatoms. The molecule has 1 aliphatic rings. The fourth-order valence-corrected chi connectivity index (χ4v) is 4.49. The van der Waals surface area contributed by atoms with Gasteiger partial charge in [-0.05, 0) is 42.0 Å². The van der Waals surface area contributed by atoms with Gasteiger partial charge in [-0.2, -0.15) is 21.6 Å². The van der Waals surface area contributed by atoms with Crippen molar-refractivity contribution in [3.63, 3.8) is 0 Å². The number of benzene rings is 2. The first kappa shape index (κ1) is 24.0. The second-order valence-corrected chi connectivity index (χ2v) is 9.63. The van der Waals surface area contributed by atoms with Crippen LogP contribution in [0.25, 0.3) is 11.1 Å². The zero-order valence-electron chi connectivity index (χ0n) is 17.8. The average Bonchev–Trinajstić information content (AvgIpc) is 2.79. The molecule has 0 radical (unpaired) electrons. The summed E-state index contributed by atoms with van der Waals surface area (Å²) in [5, 5.41) is 11.0. The monoisotopic (exact) mass is 496 g/mol. The molecule has 3 atom stereocenters. The molecule has 2 aromatic carbocycles. The fraction of sp³-hybridized carbons (Fsp3) is 0.261. The van der Waals surface area contributed by atoms with Gasteiger partial charge in [-0.3, -0.25) is 9.71 Å². The molecule has 0 unspecified atom stereocenters. The highest BCUT2D eigenvalue weighted by molar-refractivity contribution is 7.93. The van der Waals surface area contributed by atoms with Crippen molar-refractivity contribution in [2.75, 3.05) is 11.3 Å². The van der Waals surface area contributed by atoms with E-state index in [1.807, 2.05) is 19.1 Å². The molecular weight excluding hydrogens is 476 g/mol. The largest absolute Gasteiger partial charge is 0.516 e. The van der Waals surface area contributed by atoms with Gasteiger partial charge >= 0.3 is 15.5 Å². The van der Waals surface area contributed by atoms with Gasteiger partial charge in [0.25, 0.3) is 0 Å². The second-order valence-electron chi connectivity index (χ2n) is 7.96. The molecule has 0 bridgehead atoms. The molecule has 0 saturated heterocycles. The van der Waals surface area contributed by atoms with Crippen molar-refractivity contribution in [2.24, 2.45) is 5.92 Å². The van der Waals surface area contributed by atoms with Crippen LogP contribution in [0.3, 0.4) is 0 Å². The molecule has 2 heterocycles. The van der Waals surface area contributed by atoms with Gasteiger partial charge in [-0.1, -0.05) is 25.1 Å². The van der Waals surface area contributed by atoms with E-state index in [0.717, 1.165) is 23.9 Å². The van der Waals surface area contributed by atoms with Gasteiger partial charge in [0.2, 0.25) is 0 Å². The Morgan fingerprint density at radius 2 is 1.91 bits per heavy atom. The minimum atomic E-state index is -5.71. The fourth-order valence-electron chi connectivity index (χ4n) is 3.91. The number of halogens is 4. The van der Waals surface area contributed by atoms with Crippen molar-refractivity contribution in [1.82, 2.24) is 4.98 Å². The van der Waals surface area contributed by atoms with E-state index in [1.165, 1.54) is 22.9 Å². The van der Waals surface area contributed by atoms with Crippen molar-refractivity contribution in [1.29, 1.82) is 0 Å². The van der Waals surface area contributed by atoms with Gasteiger partial charge in [-0.25, -0.2) is 4.39 Å². The summed E-state index contributed by atoms with van der Waals surface area (Å²) in [7, 11) is -5.71. The molecule has 4 rings (SSSR count). The molecule has 0 fully saturated rings. The first-order chi connectivity index (χ1) is 16.0. The number of aliphatic hydroxyl groups is 1. The highest BCUT2D eigenvalue weighted by Gasteiger charge is 2.46. The van der Waals surface area contributed by atoms with Gasteiger partial charge in [0.1, 0.15) is 11.6 Å². The van der Waals surface area contributed by atoms with Crippen molar-refractivity contribution in [3.8, 4) is 16.9 Å². The number of nitrogens with one attached hydrogen (secondary N) is 1. The SMILES string of the molecule is C[C@@H](c1ccccn1)[C@@H]1COc2cc(-c3cc(F)ccc3NS(=O)(=O)C(F)(F)F)ccc2[C@@H]1O. The quantitative estimate of drug-likeness (QED) is 0.486. The molecule has 34 heavy (non-hydrogen) atoms. The van der Waals surface area contributed by atoms with E-state index in [9.17, 15) is 31.1 Å². The molecule has 0 aliphatic carbocycles. The van der Waals surface area contributed by atoms with Crippen LogP contribution in [0.15, 0.2) is 60.8 Å². The Morgan fingerprint density at radius 3 is 2.59 bits per heavy atom. The van der Waals surface area contributed by atoms with Crippen molar-refractivity contribution >= 4 is 15.7 Å². The Kier molecular flexibility index (Phi) is 6.26. The number of hydrogen-bond acceptors (Lipinski definition) is 5. The van der Waals surface area contributed by atoms with E-state index in [1.54, 1.807) is 12.3 Å². The van der Waals surface area contributed by atoms with Crippen LogP contribution in [0.1, 0.15) is 30.2 Å². The van der Waals surface area contributed by atoms with E-state index >= 15 is 0 Å². The van der Waals surface area contributed by atoms with Crippen LogP contribution in [0.2, 0.25) is 0 Å². The van der Waals surface area contributed by atoms with Gasteiger partial charge in [0.05, 0.1) is 18.4 Å². The summed E-state index contributed by atoms with van der Waals surface area (Å²) in [4.78, 5) is 4.32. The van der Waals surface area contributed by atoms with Crippen molar-refractivity contribution < 1.29 is 35.8 Å². The third-order valence-corrected chi connectivity index (χ3v) is 6.91. The number of sulfonamides is 1. The lowest BCUT2D eigenvalue weighted by Crippen LogP contribution is -2.30. The number of anilines is 1. The lowest BCUT2D eigenvalue weighted by atomic mass is 9.82. The minimum Gasteiger partial charge on any atom is -0.493 e. The predicted molar refractivity (Wildman–Crippen MR) is 117 cm³/mol. The zero-order chi connectivity index (χ0) is 24.7. The molecule has 0 spiro atoms. The number of aromatic nitrogens is 1. The Hall–Kier alpha value is -3.18. The molecule has 1 aliphatic heterocycles. The maximum absolute atomic E-state index is 13.9. The third-order valence-electron chi connectivity index (χ3n) is 5.81. The summed E-state index contributed by atoms with van der Waals surface area (Å²) in [6, 6.07) is 12.6. The molecule has 1 aromatic heterocycles. The number of aliphatic hydroxyl groups excluding tert-OH is 1. The number of fused-ring (bicyclic) bond motifs is 1. The number of pyridine rings is 1. The molecule has 0 amide bonds.